The van der Waals surface area contributed by atoms with Gasteiger partial charge in [0.1, 0.15) is 0 Å². The van der Waals surface area contributed by atoms with Gasteiger partial charge < -0.3 is 14.2 Å². The third-order valence-corrected chi connectivity index (χ3v) is 4.75. The summed E-state index contributed by atoms with van der Waals surface area (Å²) in [5, 5.41) is 0. The van der Waals surface area contributed by atoms with E-state index in [2.05, 4.69) is 10.9 Å². The van der Waals surface area contributed by atoms with E-state index in [-0.39, 0.29) is 11.5 Å². The minimum atomic E-state index is -0.581. The minimum absolute atomic E-state index is 0.241. The molecule has 2 N–H and O–H groups in total. The zero-order chi connectivity index (χ0) is 22.2. The molecule has 0 aromatic heterocycles. The van der Waals surface area contributed by atoms with Crippen LogP contribution in [0.2, 0.25) is 0 Å². The van der Waals surface area contributed by atoms with Gasteiger partial charge in [-0.15, -0.1) is 0 Å². The smallest absolute Gasteiger partial charge is 0.269 e. The average Bonchev–Trinajstić information content (AvgIpc) is 2.83. The fraction of sp³-hybridized carbons (Fsp3) is 0.167. The SMILES string of the molecule is COc1cc(C(=O)NNC(=O)C(c2ccccc2)c2ccccc2)cc(OC)c1OC. The molecular weight excluding hydrogens is 396 g/mol. The van der Waals surface area contributed by atoms with Crippen molar-refractivity contribution in [2.45, 2.75) is 5.92 Å². The van der Waals surface area contributed by atoms with E-state index in [1.165, 1.54) is 33.5 Å². The Balaban J connectivity index is 1.81. The fourth-order valence-electron chi connectivity index (χ4n) is 3.26. The van der Waals surface area contributed by atoms with Crippen LogP contribution in [0.3, 0.4) is 0 Å². The maximum atomic E-state index is 13.0. The molecule has 3 aromatic carbocycles. The number of hydrazine groups is 1. The molecule has 2 amide bonds. The summed E-state index contributed by atoms with van der Waals surface area (Å²) in [6, 6.07) is 21.8. The van der Waals surface area contributed by atoms with Gasteiger partial charge in [-0.05, 0) is 23.3 Å². The Hall–Kier alpha value is -4.00. The number of benzene rings is 3. The van der Waals surface area contributed by atoms with Crippen molar-refractivity contribution in [2.24, 2.45) is 0 Å². The van der Waals surface area contributed by atoms with Crippen LogP contribution in [0.1, 0.15) is 27.4 Å². The lowest BCUT2D eigenvalue weighted by atomic mass is 9.91. The number of carbonyl (C=O) groups is 2. The molecule has 0 radical (unpaired) electrons. The quantitative estimate of drug-likeness (QED) is 0.573. The van der Waals surface area contributed by atoms with Crippen molar-refractivity contribution in [3.05, 3.63) is 89.5 Å². The van der Waals surface area contributed by atoms with Crippen LogP contribution in [0.4, 0.5) is 0 Å². The first-order chi connectivity index (χ1) is 15.1. The van der Waals surface area contributed by atoms with Gasteiger partial charge >= 0.3 is 0 Å². The van der Waals surface area contributed by atoms with E-state index in [9.17, 15) is 9.59 Å². The fourth-order valence-corrected chi connectivity index (χ4v) is 3.26. The molecule has 0 saturated heterocycles. The monoisotopic (exact) mass is 420 g/mol. The molecule has 0 bridgehead atoms. The first kappa shape index (κ1) is 21.7. The molecule has 3 aromatic rings. The molecule has 0 aliphatic heterocycles. The van der Waals surface area contributed by atoms with Crippen LogP contribution < -0.4 is 25.1 Å². The molecule has 31 heavy (non-hydrogen) atoms. The summed E-state index contributed by atoms with van der Waals surface area (Å²) in [7, 11) is 4.41. The summed E-state index contributed by atoms with van der Waals surface area (Å²) in [6.45, 7) is 0. The lowest BCUT2D eigenvalue weighted by molar-refractivity contribution is -0.122. The van der Waals surface area contributed by atoms with Crippen LogP contribution in [0.5, 0.6) is 17.2 Å². The van der Waals surface area contributed by atoms with Gasteiger partial charge in [-0.1, -0.05) is 60.7 Å². The summed E-state index contributed by atoms with van der Waals surface area (Å²) < 4.78 is 15.8. The molecular formula is C24H24N2O5. The number of nitrogens with one attached hydrogen (secondary N) is 2. The van der Waals surface area contributed by atoms with Gasteiger partial charge in [0.2, 0.25) is 11.7 Å². The highest BCUT2D eigenvalue weighted by Gasteiger charge is 2.23. The first-order valence-electron chi connectivity index (χ1n) is 9.59. The van der Waals surface area contributed by atoms with Crippen molar-refractivity contribution >= 4 is 11.8 Å². The number of hydrogen-bond donors (Lipinski definition) is 2. The van der Waals surface area contributed by atoms with Gasteiger partial charge in [0, 0.05) is 5.56 Å². The molecule has 160 valence electrons. The molecule has 0 spiro atoms. The Morgan fingerprint density at radius 1 is 0.710 bits per heavy atom. The van der Waals surface area contributed by atoms with Crippen molar-refractivity contribution in [1.29, 1.82) is 0 Å². The van der Waals surface area contributed by atoms with Crippen LogP contribution in [-0.4, -0.2) is 33.1 Å². The number of ether oxygens (including phenoxy) is 3. The molecule has 0 saturated carbocycles. The van der Waals surface area contributed by atoms with E-state index in [1.54, 1.807) is 0 Å². The largest absolute Gasteiger partial charge is 0.493 e. The first-order valence-corrected chi connectivity index (χ1v) is 9.59. The number of hydrogen-bond acceptors (Lipinski definition) is 5. The summed E-state index contributed by atoms with van der Waals surface area (Å²) in [4.78, 5) is 25.7. The zero-order valence-corrected chi connectivity index (χ0v) is 17.5. The van der Waals surface area contributed by atoms with Gasteiger partial charge in [-0.3, -0.25) is 20.4 Å². The molecule has 7 nitrogen and oxygen atoms in total. The third kappa shape index (κ3) is 4.95. The van der Waals surface area contributed by atoms with Crippen LogP contribution >= 0.6 is 0 Å². The van der Waals surface area contributed by atoms with Crippen LogP contribution in [0.25, 0.3) is 0 Å². The lowest BCUT2D eigenvalue weighted by Gasteiger charge is -2.18. The number of methoxy groups -OCH3 is 3. The van der Waals surface area contributed by atoms with Gasteiger partial charge in [0.05, 0.1) is 27.2 Å². The lowest BCUT2D eigenvalue weighted by Crippen LogP contribution is -2.44. The van der Waals surface area contributed by atoms with Crippen LogP contribution in [-0.2, 0) is 4.79 Å². The highest BCUT2D eigenvalue weighted by molar-refractivity contribution is 5.97. The Morgan fingerprint density at radius 2 is 1.19 bits per heavy atom. The normalized spacial score (nSPS) is 10.3. The Kier molecular flexibility index (Phi) is 7.11. The second-order valence-electron chi connectivity index (χ2n) is 6.61. The van der Waals surface area contributed by atoms with Crippen LogP contribution in [0.15, 0.2) is 72.8 Å². The van der Waals surface area contributed by atoms with Crippen molar-refractivity contribution in [2.75, 3.05) is 21.3 Å². The highest BCUT2D eigenvalue weighted by atomic mass is 16.5. The second kappa shape index (κ2) is 10.2. The Bertz CT molecular complexity index is 974. The van der Waals surface area contributed by atoms with Crippen molar-refractivity contribution in [3.8, 4) is 17.2 Å². The minimum Gasteiger partial charge on any atom is -0.493 e. The molecule has 7 heteroatoms. The molecule has 0 aliphatic carbocycles. The molecule has 0 unspecified atom stereocenters. The van der Waals surface area contributed by atoms with Crippen molar-refractivity contribution in [3.63, 3.8) is 0 Å². The molecule has 0 heterocycles. The summed E-state index contributed by atoms with van der Waals surface area (Å²) in [6.07, 6.45) is 0. The molecule has 0 fully saturated rings. The van der Waals surface area contributed by atoms with E-state index < -0.39 is 11.8 Å². The topological polar surface area (TPSA) is 85.9 Å². The van der Waals surface area contributed by atoms with Crippen LogP contribution in [0, 0.1) is 0 Å². The standard InChI is InChI=1S/C24H24N2O5/c1-29-19-14-18(15-20(30-2)22(19)31-3)23(27)25-26-24(28)21(16-10-6-4-7-11-16)17-12-8-5-9-13-17/h4-15,21H,1-3H3,(H,25,27)(H,26,28). The second-order valence-corrected chi connectivity index (χ2v) is 6.61. The Labute approximate surface area is 180 Å². The van der Waals surface area contributed by atoms with Gasteiger partial charge in [-0.2, -0.15) is 0 Å². The number of rotatable bonds is 7. The maximum Gasteiger partial charge on any atom is 0.269 e. The average molecular weight is 420 g/mol. The zero-order valence-electron chi connectivity index (χ0n) is 17.5. The van der Waals surface area contributed by atoms with Gasteiger partial charge in [-0.25, -0.2) is 0 Å². The predicted octanol–water partition coefficient (Wildman–Crippen LogP) is 3.31. The van der Waals surface area contributed by atoms with E-state index >= 15 is 0 Å². The summed E-state index contributed by atoms with van der Waals surface area (Å²) in [5.41, 5.74) is 6.87. The van der Waals surface area contributed by atoms with Gasteiger partial charge in [0.25, 0.3) is 5.91 Å². The summed E-state index contributed by atoms with van der Waals surface area (Å²) >= 11 is 0. The third-order valence-electron chi connectivity index (χ3n) is 4.75. The highest BCUT2D eigenvalue weighted by Crippen LogP contribution is 2.38. The molecule has 3 rings (SSSR count). The van der Waals surface area contributed by atoms with Gasteiger partial charge in [0.15, 0.2) is 11.5 Å². The molecule has 0 atom stereocenters. The predicted molar refractivity (Wildman–Crippen MR) is 116 cm³/mol. The maximum absolute atomic E-state index is 13.0. The van der Waals surface area contributed by atoms with Crippen molar-refractivity contribution < 1.29 is 23.8 Å². The molecule has 0 aliphatic rings. The van der Waals surface area contributed by atoms with E-state index in [0.717, 1.165) is 11.1 Å². The number of carbonyl (C=O) groups excluding carboxylic acids is 2. The van der Waals surface area contributed by atoms with Crippen molar-refractivity contribution in [1.82, 2.24) is 10.9 Å². The van der Waals surface area contributed by atoms with E-state index in [0.29, 0.717) is 17.2 Å². The Morgan fingerprint density at radius 3 is 1.61 bits per heavy atom. The van der Waals surface area contributed by atoms with E-state index in [1.807, 2.05) is 60.7 Å². The van der Waals surface area contributed by atoms with E-state index in [4.69, 9.17) is 14.2 Å². The summed E-state index contributed by atoms with van der Waals surface area (Å²) in [5.74, 6) is -0.415. The number of amides is 2.